The van der Waals surface area contributed by atoms with Gasteiger partial charge in [0.1, 0.15) is 5.82 Å². The van der Waals surface area contributed by atoms with Gasteiger partial charge in [-0.2, -0.15) is 4.98 Å². The van der Waals surface area contributed by atoms with Crippen molar-refractivity contribution < 1.29 is 14.3 Å². The number of carbonyl (C=O) groups is 1. The van der Waals surface area contributed by atoms with Gasteiger partial charge in [-0.25, -0.2) is 9.36 Å². The van der Waals surface area contributed by atoms with Gasteiger partial charge in [-0.3, -0.25) is 9.59 Å². The molecule has 1 amide bonds. The van der Waals surface area contributed by atoms with Crippen LogP contribution in [0.1, 0.15) is 15.9 Å². The third kappa shape index (κ3) is 4.48. The zero-order valence-electron chi connectivity index (χ0n) is 18.0. The zero-order valence-corrected chi connectivity index (χ0v) is 19.5. The fraction of sp³-hybridized carbons (Fsp3) is 0.130. The predicted molar refractivity (Wildman–Crippen MR) is 129 cm³/mol. The number of nitrogens with one attached hydrogen (secondary N) is 2. The van der Waals surface area contributed by atoms with Crippen LogP contribution in [0.25, 0.3) is 16.7 Å². The van der Waals surface area contributed by atoms with E-state index in [1.807, 2.05) is 6.07 Å². The number of nitrogens with zero attached hydrogens (tertiary/aromatic N) is 2. The molecular formula is C23H18Cl2N4O5. The molecule has 34 heavy (non-hydrogen) atoms. The molecular weight excluding hydrogens is 483 g/mol. The molecule has 2 heterocycles. The van der Waals surface area contributed by atoms with Crippen molar-refractivity contribution >= 4 is 40.0 Å². The summed E-state index contributed by atoms with van der Waals surface area (Å²) >= 11 is 12.3. The molecule has 4 rings (SSSR count). The summed E-state index contributed by atoms with van der Waals surface area (Å²) < 4.78 is 11.1. The lowest BCUT2D eigenvalue weighted by Crippen LogP contribution is -2.34. The molecule has 11 heteroatoms. The Labute approximate surface area is 202 Å². The molecule has 4 aromatic rings. The highest BCUT2D eigenvalue weighted by Crippen LogP contribution is 2.25. The molecule has 0 aliphatic heterocycles. The van der Waals surface area contributed by atoms with Crippen LogP contribution in [-0.2, 0) is 6.54 Å². The zero-order chi connectivity index (χ0) is 24.4. The van der Waals surface area contributed by atoms with E-state index >= 15 is 0 Å². The summed E-state index contributed by atoms with van der Waals surface area (Å²) in [5.74, 6) is 0.0211. The molecule has 0 bridgehead atoms. The van der Waals surface area contributed by atoms with Crippen molar-refractivity contribution in [3.8, 4) is 17.4 Å². The highest BCUT2D eigenvalue weighted by molar-refractivity contribution is 6.35. The number of halogens is 2. The summed E-state index contributed by atoms with van der Waals surface area (Å²) in [7, 11) is 2.83. The molecule has 0 spiro atoms. The Morgan fingerprint density at radius 1 is 1.09 bits per heavy atom. The van der Waals surface area contributed by atoms with Crippen LogP contribution >= 0.6 is 23.2 Å². The number of amides is 1. The number of aromatic nitrogens is 3. The van der Waals surface area contributed by atoms with Crippen molar-refractivity contribution in [2.24, 2.45) is 0 Å². The topological polar surface area (TPSA) is 115 Å². The number of benzene rings is 2. The van der Waals surface area contributed by atoms with Crippen molar-refractivity contribution in [2.75, 3.05) is 14.2 Å². The van der Waals surface area contributed by atoms with E-state index in [1.54, 1.807) is 18.2 Å². The first-order valence-electron chi connectivity index (χ1n) is 9.93. The minimum atomic E-state index is -0.759. The molecule has 0 saturated heterocycles. The third-order valence-corrected chi connectivity index (χ3v) is 5.54. The van der Waals surface area contributed by atoms with Gasteiger partial charge < -0.3 is 19.8 Å². The highest BCUT2D eigenvalue weighted by atomic mass is 35.5. The summed E-state index contributed by atoms with van der Waals surface area (Å²) in [4.78, 5) is 45.4. The van der Waals surface area contributed by atoms with E-state index in [0.29, 0.717) is 10.8 Å². The van der Waals surface area contributed by atoms with E-state index in [1.165, 1.54) is 38.5 Å². The van der Waals surface area contributed by atoms with Gasteiger partial charge in [0.05, 0.1) is 30.1 Å². The van der Waals surface area contributed by atoms with Crippen LogP contribution in [0, 0.1) is 0 Å². The van der Waals surface area contributed by atoms with E-state index in [4.69, 9.17) is 32.7 Å². The fourth-order valence-corrected chi connectivity index (χ4v) is 3.93. The lowest BCUT2D eigenvalue weighted by molar-refractivity contribution is 0.0951. The minimum absolute atomic E-state index is 0.000817. The van der Waals surface area contributed by atoms with E-state index < -0.39 is 17.2 Å². The number of pyridine rings is 1. The van der Waals surface area contributed by atoms with Crippen LogP contribution < -0.4 is 26.0 Å². The second-order valence-corrected chi connectivity index (χ2v) is 7.99. The van der Waals surface area contributed by atoms with Gasteiger partial charge >= 0.3 is 5.69 Å². The summed E-state index contributed by atoms with van der Waals surface area (Å²) in [5.41, 5.74) is -0.353. The highest BCUT2D eigenvalue weighted by Gasteiger charge is 2.18. The van der Waals surface area contributed by atoms with E-state index in [2.05, 4.69) is 15.3 Å². The van der Waals surface area contributed by atoms with Crippen molar-refractivity contribution in [1.82, 2.24) is 19.9 Å². The van der Waals surface area contributed by atoms with Crippen LogP contribution in [0.4, 0.5) is 0 Å². The van der Waals surface area contributed by atoms with Crippen molar-refractivity contribution in [3.05, 3.63) is 90.5 Å². The first-order chi connectivity index (χ1) is 16.3. The molecule has 0 aliphatic carbocycles. The maximum absolute atomic E-state index is 13.2. The largest absolute Gasteiger partial charge is 0.491 e. The molecule has 0 unspecified atom stereocenters. The Balaban J connectivity index is 1.72. The van der Waals surface area contributed by atoms with Crippen LogP contribution in [0.5, 0.6) is 11.6 Å². The number of carbonyl (C=O) groups excluding carboxylic acids is 1. The van der Waals surface area contributed by atoms with Gasteiger partial charge in [0.2, 0.25) is 0 Å². The minimum Gasteiger partial charge on any atom is -0.491 e. The quantitative estimate of drug-likeness (QED) is 0.419. The second-order valence-electron chi connectivity index (χ2n) is 7.14. The molecule has 174 valence electrons. The Morgan fingerprint density at radius 2 is 1.88 bits per heavy atom. The first-order valence-corrected chi connectivity index (χ1v) is 10.7. The Morgan fingerprint density at radius 3 is 2.59 bits per heavy atom. The van der Waals surface area contributed by atoms with Gasteiger partial charge in [-0.15, -0.1) is 0 Å². The Kier molecular flexibility index (Phi) is 6.58. The average molecular weight is 501 g/mol. The van der Waals surface area contributed by atoms with Gasteiger partial charge in [0.25, 0.3) is 17.3 Å². The maximum Gasteiger partial charge on any atom is 0.334 e. The number of H-pyrrole nitrogens is 1. The second kappa shape index (κ2) is 9.58. The standard InChI is InChI=1S/C23H18Cl2N4O5/c1-33-17-6-7-18(28-21(17)34-2)29-22(31)19-15(25)9-13(10-16(19)27-23(29)32)20(30)26-11-12-4-3-5-14(24)8-12/h3-10H,11H2,1-2H3,(H,26,30)(H,27,32). The fourth-order valence-electron chi connectivity index (χ4n) is 3.41. The van der Waals surface area contributed by atoms with Gasteiger partial charge in [0, 0.05) is 17.1 Å². The molecule has 9 nitrogen and oxygen atoms in total. The lowest BCUT2D eigenvalue weighted by Gasteiger charge is -2.11. The van der Waals surface area contributed by atoms with Gasteiger partial charge in [0.15, 0.2) is 5.75 Å². The number of aromatic amines is 1. The molecule has 2 N–H and O–H groups in total. The van der Waals surface area contributed by atoms with Gasteiger partial charge in [-0.1, -0.05) is 35.3 Å². The number of hydrogen-bond donors (Lipinski definition) is 2. The number of methoxy groups -OCH3 is 2. The SMILES string of the molecule is COc1ccc(-n2c(=O)[nH]c3cc(C(=O)NCc4cccc(Cl)c4)cc(Cl)c3c2=O)nc1OC. The van der Waals surface area contributed by atoms with Crippen LogP contribution in [0.15, 0.2) is 58.1 Å². The number of hydrogen-bond acceptors (Lipinski definition) is 6. The molecule has 0 atom stereocenters. The van der Waals surface area contributed by atoms with Crippen LogP contribution in [0.3, 0.4) is 0 Å². The van der Waals surface area contributed by atoms with Crippen LogP contribution in [0.2, 0.25) is 10.0 Å². The maximum atomic E-state index is 13.2. The van der Waals surface area contributed by atoms with Crippen molar-refractivity contribution in [3.63, 3.8) is 0 Å². The summed E-state index contributed by atoms with van der Waals surface area (Å²) in [5, 5.41) is 3.34. The third-order valence-electron chi connectivity index (χ3n) is 5.01. The normalized spacial score (nSPS) is 10.8. The van der Waals surface area contributed by atoms with E-state index in [-0.39, 0.29) is 39.7 Å². The Hall–Kier alpha value is -3.82. The van der Waals surface area contributed by atoms with Crippen LogP contribution in [-0.4, -0.2) is 34.7 Å². The number of fused-ring (bicyclic) bond motifs is 1. The average Bonchev–Trinajstić information content (AvgIpc) is 2.81. The van der Waals surface area contributed by atoms with E-state index in [9.17, 15) is 14.4 Å². The predicted octanol–water partition coefficient (Wildman–Crippen LogP) is 3.33. The van der Waals surface area contributed by atoms with Crippen molar-refractivity contribution in [2.45, 2.75) is 6.54 Å². The molecule has 0 aliphatic rings. The first kappa shape index (κ1) is 23.3. The Bertz CT molecular complexity index is 1530. The van der Waals surface area contributed by atoms with Gasteiger partial charge in [-0.05, 0) is 42.0 Å². The van der Waals surface area contributed by atoms with Crippen molar-refractivity contribution in [1.29, 1.82) is 0 Å². The molecule has 2 aromatic heterocycles. The molecule has 0 fully saturated rings. The lowest BCUT2D eigenvalue weighted by atomic mass is 10.1. The summed E-state index contributed by atoms with van der Waals surface area (Å²) in [6, 6.07) is 12.8. The number of rotatable bonds is 6. The monoisotopic (exact) mass is 500 g/mol. The molecule has 0 radical (unpaired) electrons. The summed E-state index contributed by atoms with van der Waals surface area (Å²) in [6.07, 6.45) is 0. The van der Waals surface area contributed by atoms with E-state index in [0.717, 1.165) is 10.1 Å². The molecule has 0 saturated carbocycles. The molecule has 2 aromatic carbocycles. The smallest absolute Gasteiger partial charge is 0.334 e. The number of ether oxygens (including phenoxy) is 2. The summed E-state index contributed by atoms with van der Waals surface area (Å²) in [6.45, 7) is 0.234.